The summed E-state index contributed by atoms with van der Waals surface area (Å²) < 4.78 is 6.99. The number of rotatable bonds is 8. The van der Waals surface area contributed by atoms with E-state index in [1.807, 2.05) is 10.7 Å². The van der Waals surface area contributed by atoms with E-state index in [0.717, 1.165) is 28.1 Å². The maximum atomic E-state index is 13.7. The number of anilines is 1. The van der Waals surface area contributed by atoms with Crippen molar-refractivity contribution in [1.82, 2.24) is 15.1 Å². The Kier molecular flexibility index (Phi) is 8.46. The molecule has 0 fully saturated rings. The van der Waals surface area contributed by atoms with Gasteiger partial charge in [-0.1, -0.05) is 44.5 Å². The Labute approximate surface area is 227 Å². The van der Waals surface area contributed by atoms with Gasteiger partial charge >= 0.3 is 0 Å². The predicted octanol–water partition coefficient (Wildman–Crippen LogP) is 5.17. The van der Waals surface area contributed by atoms with Gasteiger partial charge in [-0.05, 0) is 43.3 Å². The van der Waals surface area contributed by atoms with Crippen LogP contribution in [0.2, 0.25) is 0 Å². The first-order chi connectivity index (χ1) is 17.6. The van der Waals surface area contributed by atoms with Crippen molar-refractivity contribution in [3.05, 3.63) is 63.0 Å². The molecule has 198 valence electrons. The second-order valence-electron chi connectivity index (χ2n) is 10.4. The molecule has 0 saturated heterocycles. The highest BCUT2D eigenvalue weighted by Gasteiger charge is 2.40. The lowest BCUT2D eigenvalue weighted by atomic mass is 9.88. The van der Waals surface area contributed by atoms with Gasteiger partial charge in [0.15, 0.2) is 0 Å². The molecular weight excluding hydrogens is 504 g/mol. The van der Waals surface area contributed by atoms with E-state index in [4.69, 9.17) is 9.84 Å². The number of thiophene rings is 1. The van der Waals surface area contributed by atoms with Gasteiger partial charge in [0.1, 0.15) is 12.4 Å². The summed E-state index contributed by atoms with van der Waals surface area (Å²) in [7, 11) is 1.64. The van der Waals surface area contributed by atoms with Crippen LogP contribution in [-0.2, 0) is 19.7 Å². The number of hydrogen-bond acceptors (Lipinski definition) is 6. The zero-order valence-electron chi connectivity index (χ0n) is 22.5. The van der Waals surface area contributed by atoms with Gasteiger partial charge in [-0.25, -0.2) is 4.68 Å². The average Bonchev–Trinajstić information content (AvgIpc) is 3.47. The van der Waals surface area contributed by atoms with Crippen LogP contribution in [0.3, 0.4) is 0 Å². The normalized spacial score (nSPS) is 16.0. The topological polar surface area (TPSA) is 76.5 Å². The molecule has 1 atom stereocenters. The summed E-state index contributed by atoms with van der Waals surface area (Å²) in [5.74, 6) is 0.687. The molecule has 3 heterocycles. The smallest absolute Gasteiger partial charge is 0.240 e. The number of methoxy groups -OCH3 is 1. The van der Waals surface area contributed by atoms with Gasteiger partial charge in [-0.2, -0.15) is 5.10 Å². The van der Waals surface area contributed by atoms with Crippen molar-refractivity contribution in [3.8, 4) is 5.69 Å². The van der Waals surface area contributed by atoms with Crippen molar-refractivity contribution >= 4 is 40.7 Å². The third kappa shape index (κ3) is 5.94. The van der Waals surface area contributed by atoms with E-state index >= 15 is 0 Å². The van der Waals surface area contributed by atoms with Gasteiger partial charge in [-0.3, -0.25) is 14.5 Å². The van der Waals surface area contributed by atoms with Gasteiger partial charge in [0.25, 0.3) is 0 Å². The third-order valence-corrected chi connectivity index (χ3v) is 8.65. The second kappa shape index (κ2) is 11.4. The lowest BCUT2D eigenvalue weighted by molar-refractivity contribution is -0.122. The van der Waals surface area contributed by atoms with Crippen molar-refractivity contribution in [2.24, 2.45) is 0 Å². The molecule has 2 aromatic heterocycles. The number of benzene rings is 1. The number of ether oxygens (including phenoxy) is 1. The van der Waals surface area contributed by atoms with Crippen LogP contribution in [0, 0.1) is 13.8 Å². The molecule has 1 aromatic carbocycles. The molecule has 37 heavy (non-hydrogen) atoms. The molecule has 0 saturated carbocycles. The highest BCUT2D eigenvalue weighted by Crippen LogP contribution is 2.49. The molecule has 0 spiro atoms. The maximum Gasteiger partial charge on any atom is 0.240 e. The van der Waals surface area contributed by atoms with Crippen LogP contribution in [0.4, 0.5) is 5.82 Å². The summed E-state index contributed by atoms with van der Waals surface area (Å²) in [6.45, 7) is 11.6. The summed E-state index contributed by atoms with van der Waals surface area (Å²) in [4.78, 5) is 29.5. The quantitative estimate of drug-likeness (QED) is 0.399. The van der Waals surface area contributed by atoms with Crippen molar-refractivity contribution in [3.63, 3.8) is 0 Å². The summed E-state index contributed by atoms with van der Waals surface area (Å²) in [5, 5.41) is 10.1. The molecule has 7 nitrogen and oxygen atoms in total. The molecule has 0 aliphatic carbocycles. The fourth-order valence-electron chi connectivity index (χ4n) is 4.59. The van der Waals surface area contributed by atoms with E-state index in [2.05, 4.69) is 69.6 Å². The molecule has 2 amide bonds. The van der Waals surface area contributed by atoms with Crippen molar-refractivity contribution < 1.29 is 14.3 Å². The van der Waals surface area contributed by atoms with E-state index in [0.29, 0.717) is 25.4 Å². The molecule has 1 aliphatic rings. The van der Waals surface area contributed by atoms with Crippen LogP contribution in [0.1, 0.15) is 59.7 Å². The maximum absolute atomic E-state index is 13.7. The molecule has 1 unspecified atom stereocenters. The Bertz CT molecular complexity index is 1260. The Morgan fingerprint density at radius 2 is 2.03 bits per heavy atom. The zero-order chi connectivity index (χ0) is 26.7. The van der Waals surface area contributed by atoms with Gasteiger partial charge in [0.05, 0.1) is 22.4 Å². The highest BCUT2D eigenvalue weighted by molar-refractivity contribution is 8.00. The first-order valence-corrected chi connectivity index (χ1v) is 14.5. The minimum Gasteiger partial charge on any atom is -0.385 e. The van der Waals surface area contributed by atoms with Gasteiger partial charge in [0, 0.05) is 36.1 Å². The molecule has 3 aromatic rings. The predicted molar refractivity (Wildman–Crippen MR) is 152 cm³/mol. The van der Waals surface area contributed by atoms with Crippen LogP contribution < -0.4 is 10.2 Å². The van der Waals surface area contributed by atoms with Gasteiger partial charge in [0.2, 0.25) is 11.8 Å². The Balaban J connectivity index is 1.90. The Hall–Kier alpha value is -2.62. The lowest BCUT2D eigenvalue weighted by Gasteiger charge is -2.24. The summed E-state index contributed by atoms with van der Waals surface area (Å²) in [6.07, 6.45) is 0.715. The monoisotopic (exact) mass is 540 g/mol. The van der Waals surface area contributed by atoms with E-state index in [-0.39, 0.29) is 34.8 Å². The first kappa shape index (κ1) is 27.4. The van der Waals surface area contributed by atoms with Crippen LogP contribution in [0.15, 0.2) is 35.7 Å². The molecule has 1 aliphatic heterocycles. The lowest BCUT2D eigenvalue weighted by Crippen LogP contribution is -2.42. The molecule has 0 radical (unpaired) electrons. The number of carbonyl (C=O) groups excluding carboxylic acids is 2. The van der Waals surface area contributed by atoms with Gasteiger partial charge in [-0.15, -0.1) is 23.1 Å². The zero-order valence-corrected chi connectivity index (χ0v) is 24.1. The van der Waals surface area contributed by atoms with E-state index in [1.165, 1.54) is 4.88 Å². The molecule has 1 N–H and O–H groups in total. The SMILES string of the molecule is COCCCNC(=O)CN1C(=O)CSC(c2cccs2)c2c(C(C)(C)C)nn(-c3ccc(C)cc3C)c21. The fourth-order valence-corrected chi connectivity index (χ4v) is 6.77. The van der Waals surface area contributed by atoms with E-state index < -0.39 is 0 Å². The fraction of sp³-hybridized carbons (Fsp3) is 0.464. The van der Waals surface area contributed by atoms with Crippen LogP contribution in [-0.4, -0.2) is 54.2 Å². The Morgan fingerprint density at radius 3 is 2.68 bits per heavy atom. The number of thioether (sulfide) groups is 1. The van der Waals surface area contributed by atoms with Crippen molar-refractivity contribution in [2.45, 2.75) is 51.7 Å². The minimum absolute atomic E-state index is 0.0533. The summed E-state index contributed by atoms with van der Waals surface area (Å²) in [5.41, 5.74) is 4.81. The number of aryl methyl sites for hydroxylation is 2. The number of carbonyl (C=O) groups is 2. The first-order valence-electron chi connectivity index (χ1n) is 12.5. The molecule has 4 rings (SSSR count). The minimum atomic E-state index is -0.272. The van der Waals surface area contributed by atoms with Crippen LogP contribution in [0.25, 0.3) is 5.69 Å². The number of aromatic nitrogens is 2. The van der Waals surface area contributed by atoms with Crippen LogP contribution in [0.5, 0.6) is 0 Å². The van der Waals surface area contributed by atoms with Crippen molar-refractivity contribution in [1.29, 1.82) is 0 Å². The van der Waals surface area contributed by atoms with E-state index in [9.17, 15) is 9.59 Å². The largest absolute Gasteiger partial charge is 0.385 e. The number of nitrogens with one attached hydrogen (secondary N) is 1. The number of nitrogens with zero attached hydrogens (tertiary/aromatic N) is 3. The second-order valence-corrected chi connectivity index (χ2v) is 12.5. The van der Waals surface area contributed by atoms with Crippen LogP contribution >= 0.6 is 23.1 Å². The van der Waals surface area contributed by atoms with Crippen molar-refractivity contribution in [2.75, 3.05) is 37.5 Å². The average molecular weight is 541 g/mol. The molecular formula is C28H36N4O3S2. The number of hydrogen-bond donors (Lipinski definition) is 1. The number of fused-ring (bicyclic) bond motifs is 1. The standard InChI is InChI=1S/C28H36N4O3S2/c1-18-10-11-20(19(2)15-18)32-27-24(26(30-32)28(3,4)5)25(21-9-7-14-36-21)37-17-23(34)31(27)16-22(33)29-12-8-13-35-6/h7,9-11,14-15,25H,8,12-13,16-17H2,1-6H3,(H,29,33). The summed E-state index contributed by atoms with van der Waals surface area (Å²) in [6, 6.07) is 10.4. The molecule has 0 bridgehead atoms. The molecule has 9 heteroatoms. The number of amides is 2. The van der Waals surface area contributed by atoms with E-state index in [1.54, 1.807) is 35.1 Å². The highest BCUT2D eigenvalue weighted by atomic mass is 32.2. The van der Waals surface area contributed by atoms with Gasteiger partial charge < -0.3 is 10.1 Å². The Morgan fingerprint density at radius 1 is 1.24 bits per heavy atom. The summed E-state index contributed by atoms with van der Waals surface area (Å²) >= 11 is 3.30. The third-order valence-electron chi connectivity index (χ3n) is 6.33.